The van der Waals surface area contributed by atoms with Crippen LogP contribution in [-0.2, 0) is 25.2 Å². The Labute approximate surface area is 176 Å². The van der Waals surface area contributed by atoms with Crippen molar-refractivity contribution < 1.29 is 24.2 Å². The van der Waals surface area contributed by atoms with Crippen LogP contribution in [0.25, 0.3) is 6.08 Å². The number of hydrogen-bond acceptors (Lipinski definition) is 6. The van der Waals surface area contributed by atoms with Gasteiger partial charge in [-0.2, -0.15) is 0 Å². The average molecular weight is 420 g/mol. The van der Waals surface area contributed by atoms with E-state index in [2.05, 4.69) is 0 Å². The number of phenols is 1. The summed E-state index contributed by atoms with van der Waals surface area (Å²) < 4.78 is 4.83. The maximum atomic E-state index is 12.6. The SMILES string of the molecule is CCOC(=O)CN1C(=O)S/C(=C/c2cc(C(C)(C)C)c(O)c(C(C)(C)C)c2)C1=O. The fraction of sp³-hybridized carbons (Fsp3) is 0.500. The van der Waals surface area contributed by atoms with Gasteiger partial charge >= 0.3 is 5.97 Å². The van der Waals surface area contributed by atoms with Gasteiger partial charge < -0.3 is 9.84 Å². The highest BCUT2D eigenvalue weighted by atomic mass is 32.2. The van der Waals surface area contributed by atoms with Gasteiger partial charge in [0.1, 0.15) is 12.3 Å². The van der Waals surface area contributed by atoms with Gasteiger partial charge in [-0.15, -0.1) is 0 Å². The first kappa shape index (κ1) is 23.0. The zero-order valence-corrected chi connectivity index (χ0v) is 18.9. The molecule has 1 aromatic carbocycles. The van der Waals surface area contributed by atoms with Gasteiger partial charge in [-0.05, 0) is 53.3 Å². The topological polar surface area (TPSA) is 83.9 Å². The van der Waals surface area contributed by atoms with Crippen molar-refractivity contribution in [2.75, 3.05) is 13.2 Å². The van der Waals surface area contributed by atoms with E-state index >= 15 is 0 Å². The standard InChI is InChI=1S/C22H29NO5S/c1-8-28-17(24)12-23-19(26)16(29-20(23)27)11-13-9-14(21(2,3)4)18(25)15(10-13)22(5,6)7/h9-11,25H,8,12H2,1-7H3/b16-11+. The third kappa shape index (κ3) is 5.21. The van der Waals surface area contributed by atoms with E-state index in [0.717, 1.165) is 33.4 Å². The summed E-state index contributed by atoms with van der Waals surface area (Å²) >= 11 is 0.796. The lowest BCUT2D eigenvalue weighted by Gasteiger charge is -2.28. The predicted molar refractivity (Wildman–Crippen MR) is 115 cm³/mol. The quantitative estimate of drug-likeness (QED) is 0.568. The second kappa shape index (κ2) is 8.22. The number of nitrogens with zero attached hydrogens (tertiary/aromatic N) is 1. The monoisotopic (exact) mass is 419 g/mol. The summed E-state index contributed by atoms with van der Waals surface area (Å²) in [5.74, 6) is -0.890. The van der Waals surface area contributed by atoms with Crippen LogP contribution in [0.15, 0.2) is 17.0 Å². The van der Waals surface area contributed by atoms with Crippen LogP contribution in [0, 0.1) is 0 Å². The van der Waals surface area contributed by atoms with E-state index in [1.54, 1.807) is 13.0 Å². The molecule has 1 aliphatic rings. The van der Waals surface area contributed by atoms with Gasteiger partial charge in [-0.3, -0.25) is 19.3 Å². The van der Waals surface area contributed by atoms with Crippen LogP contribution in [0.4, 0.5) is 4.79 Å². The molecule has 1 saturated heterocycles. The molecule has 7 heteroatoms. The molecule has 1 N–H and O–H groups in total. The molecule has 29 heavy (non-hydrogen) atoms. The van der Waals surface area contributed by atoms with Gasteiger partial charge in [0, 0.05) is 11.1 Å². The number of thioether (sulfide) groups is 1. The molecule has 1 aromatic rings. The second-order valence-corrected chi connectivity index (χ2v) is 10.0. The van der Waals surface area contributed by atoms with Crippen LogP contribution in [0.2, 0.25) is 0 Å². The molecule has 1 aliphatic heterocycles. The molecular formula is C22H29NO5S. The van der Waals surface area contributed by atoms with E-state index in [1.165, 1.54) is 0 Å². The highest BCUT2D eigenvalue weighted by Gasteiger charge is 2.37. The number of ether oxygens (including phenoxy) is 1. The Morgan fingerprint density at radius 1 is 1.10 bits per heavy atom. The molecule has 2 amide bonds. The molecule has 0 atom stereocenters. The van der Waals surface area contributed by atoms with Gasteiger partial charge in [0.25, 0.3) is 11.1 Å². The van der Waals surface area contributed by atoms with Crippen LogP contribution in [-0.4, -0.2) is 40.3 Å². The molecule has 158 valence electrons. The van der Waals surface area contributed by atoms with E-state index in [-0.39, 0.29) is 28.1 Å². The number of hydrogen-bond donors (Lipinski definition) is 1. The van der Waals surface area contributed by atoms with Crippen LogP contribution >= 0.6 is 11.8 Å². The number of amides is 2. The second-order valence-electron chi connectivity index (χ2n) is 9.04. The molecule has 2 rings (SSSR count). The van der Waals surface area contributed by atoms with Crippen molar-refractivity contribution in [3.05, 3.63) is 33.7 Å². The first-order chi connectivity index (χ1) is 13.3. The first-order valence-electron chi connectivity index (χ1n) is 9.54. The zero-order valence-electron chi connectivity index (χ0n) is 18.1. The van der Waals surface area contributed by atoms with E-state index < -0.39 is 23.7 Å². The number of carbonyl (C=O) groups excluding carboxylic acids is 3. The Hall–Kier alpha value is -2.28. The molecule has 0 bridgehead atoms. The van der Waals surface area contributed by atoms with Crippen molar-refractivity contribution >= 4 is 35.0 Å². The van der Waals surface area contributed by atoms with Crippen LogP contribution < -0.4 is 0 Å². The largest absolute Gasteiger partial charge is 0.507 e. The molecule has 1 fully saturated rings. The van der Waals surface area contributed by atoms with E-state index in [1.807, 2.05) is 53.7 Å². The van der Waals surface area contributed by atoms with Crippen LogP contribution in [0.1, 0.15) is 65.2 Å². The molecule has 6 nitrogen and oxygen atoms in total. The number of carbonyl (C=O) groups is 3. The minimum atomic E-state index is -0.620. The summed E-state index contributed by atoms with van der Waals surface area (Å²) in [4.78, 5) is 37.7. The molecule has 1 heterocycles. The Kier molecular flexibility index (Phi) is 6.52. The summed E-state index contributed by atoms with van der Waals surface area (Å²) in [6, 6.07) is 3.67. The highest BCUT2D eigenvalue weighted by molar-refractivity contribution is 8.18. The summed E-state index contributed by atoms with van der Waals surface area (Å²) in [5, 5.41) is 10.3. The number of rotatable bonds is 4. The molecule has 0 unspecified atom stereocenters. The number of aromatic hydroxyl groups is 1. The summed E-state index contributed by atoms with van der Waals surface area (Å²) in [6.07, 6.45) is 1.64. The lowest BCUT2D eigenvalue weighted by Crippen LogP contribution is -2.34. The van der Waals surface area contributed by atoms with Crippen molar-refractivity contribution in [2.24, 2.45) is 0 Å². The Balaban J connectivity index is 2.47. The maximum Gasteiger partial charge on any atom is 0.326 e. The molecule has 0 aliphatic carbocycles. The number of imide groups is 1. The summed E-state index contributed by atoms with van der Waals surface area (Å²) in [5.41, 5.74) is 1.64. The van der Waals surface area contributed by atoms with Gasteiger partial charge in [0.2, 0.25) is 0 Å². The molecule has 0 saturated carbocycles. The van der Waals surface area contributed by atoms with Crippen LogP contribution in [0.5, 0.6) is 5.75 Å². The smallest absolute Gasteiger partial charge is 0.326 e. The van der Waals surface area contributed by atoms with E-state index in [9.17, 15) is 19.5 Å². The van der Waals surface area contributed by atoms with Crippen molar-refractivity contribution in [2.45, 2.75) is 59.3 Å². The van der Waals surface area contributed by atoms with Crippen molar-refractivity contribution in [3.63, 3.8) is 0 Å². The van der Waals surface area contributed by atoms with Crippen LogP contribution in [0.3, 0.4) is 0 Å². The zero-order chi connectivity index (χ0) is 22.1. The van der Waals surface area contributed by atoms with Crippen molar-refractivity contribution in [3.8, 4) is 5.75 Å². The number of phenolic OH excluding ortho intramolecular Hbond substituents is 1. The molecule has 0 spiro atoms. The third-order valence-electron chi connectivity index (χ3n) is 4.51. The fourth-order valence-electron chi connectivity index (χ4n) is 3.01. The number of benzene rings is 1. The molecule has 0 radical (unpaired) electrons. The summed E-state index contributed by atoms with van der Waals surface area (Å²) in [7, 11) is 0. The fourth-order valence-corrected chi connectivity index (χ4v) is 3.85. The van der Waals surface area contributed by atoms with Crippen molar-refractivity contribution in [1.82, 2.24) is 4.90 Å². The number of esters is 1. The third-order valence-corrected chi connectivity index (χ3v) is 5.42. The Bertz CT molecular complexity index is 839. The van der Waals surface area contributed by atoms with E-state index in [4.69, 9.17) is 4.74 Å². The Morgan fingerprint density at radius 3 is 2.07 bits per heavy atom. The lowest BCUT2D eigenvalue weighted by atomic mass is 9.78. The highest BCUT2D eigenvalue weighted by Crippen LogP contribution is 2.41. The first-order valence-corrected chi connectivity index (χ1v) is 10.4. The normalized spacial score (nSPS) is 16.7. The minimum Gasteiger partial charge on any atom is -0.507 e. The molecular weight excluding hydrogens is 390 g/mol. The minimum absolute atomic E-state index is 0.184. The molecule has 0 aromatic heterocycles. The summed E-state index contributed by atoms with van der Waals surface area (Å²) in [6.45, 7) is 13.5. The average Bonchev–Trinajstić information content (AvgIpc) is 2.82. The van der Waals surface area contributed by atoms with Gasteiger partial charge in [0.15, 0.2) is 0 Å². The Morgan fingerprint density at radius 2 is 1.62 bits per heavy atom. The van der Waals surface area contributed by atoms with Gasteiger partial charge in [-0.25, -0.2) is 0 Å². The van der Waals surface area contributed by atoms with Gasteiger partial charge in [0.05, 0.1) is 11.5 Å². The van der Waals surface area contributed by atoms with Gasteiger partial charge in [-0.1, -0.05) is 41.5 Å². The van der Waals surface area contributed by atoms with E-state index in [0.29, 0.717) is 0 Å². The van der Waals surface area contributed by atoms with Crippen molar-refractivity contribution in [1.29, 1.82) is 0 Å². The predicted octanol–water partition coefficient (Wildman–Crippen LogP) is 4.59. The lowest BCUT2D eigenvalue weighted by molar-refractivity contribution is -0.145. The maximum absolute atomic E-state index is 12.6.